The van der Waals surface area contributed by atoms with E-state index in [0.717, 1.165) is 11.4 Å². The highest BCUT2D eigenvalue weighted by Gasteiger charge is 2.23. The fourth-order valence-electron chi connectivity index (χ4n) is 3.60. The zero-order valence-corrected chi connectivity index (χ0v) is 18.9. The van der Waals surface area contributed by atoms with E-state index >= 15 is 0 Å². The van der Waals surface area contributed by atoms with Gasteiger partial charge >= 0.3 is 5.97 Å². The molecule has 0 atom stereocenters. The third kappa shape index (κ3) is 4.85. The first-order valence-corrected chi connectivity index (χ1v) is 10.8. The van der Waals surface area contributed by atoms with Crippen LogP contribution in [0.3, 0.4) is 0 Å². The molecule has 10 heteroatoms. The summed E-state index contributed by atoms with van der Waals surface area (Å²) in [6.45, 7) is 7.78. The lowest BCUT2D eigenvalue weighted by molar-refractivity contribution is 0.0303. The van der Waals surface area contributed by atoms with E-state index in [1.807, 2.05) is 26.0 Å². The van der Waals surface area contributed by atoms with Crippen molar-refractivity contribution >= 4 is 23.4 Å². The number of rotatable bonds is 6. The highest BCUT2D eigenvalue weighted by Crippen LogP contribution is 2.25. The number of anilines is 2. The van der Waals surface area contributed by atoms with E-state index < -0.39 is 5.97 Å². The van der Waals surface area contributed by atoms with Gasteiger partial charge in [-0.3, -0.25) is 4.79 Å². The minimum atomic E-state index is -0.558. The van der Waals surface area contributed by atoms with Gasteiger partial charge in [0.15, 0.2) is 5.82 Å². The average Bonchev–Trinajstić information content (AvgIpc) is 3.17. The number of aryl methyl sites for hydroxylation is 2. The van der Waals surface area contributed by atoms with E-state index in [1.54, 1.807) is 34.7 Å². The number of nitrogens with zero attached hydrogens (tertiary/aromatic N) is 5. The zero-order chi connectivity index (χ0) is 23.4. The van der Waals surface area contributed by atoms with Crippen LogP contribution in [-0.4, -0.2) is 69.4 Å². The van der Waals surface area contributed by atoms with Gasteiger partial charge in [-0.1, -0.05) is 12.1 Å². The van der Waals surface area contributed by atoms with Crippen LogP contribution in [0.1, 0.15) is 39.0 Å². The van der Waals surface area contributed by atoms with Crippen molar-refractivity contribution < 1.29 is 19.1 Å². The summed E-state index contributed by atoms with van der Waals surface area (Å²) in [5, 5.41) is 7.59. The number of carbonyl (C=O) groups is 2. The Balaban J connectivity index is 1.73. The smallest absolute Gasteiger partial charge is 0.343 e. The first-order valence-electron chi connectivity index (χ1n) is 10.8. The van der Waals surface area contributed by atoms with Gasteiger partial charge in [-0.05, 0) is 39.0 Å². The third-order valence-electron chi connectivity index (χ3n) is 5.18. The van der Waals surface area contributed by atoms with Crippen molar-refractivity contribution in [2.24, 2.45) is 0 Å². The van der Waals surface area contributed by atoms with E-state index in [-0.39, 0.29) is 23.9 Å². The molecule has 0 bridgehead atoms. The molecular formula is C23H26N6O4. The van der Waals surface area contributed by atoms with Crippen LogP contribution >= 0.6 is 0 Å². The van der Waals surface area contributed by atoms with E-state index in [1.165, 1.54) is 6.20 Å². The number of amides is 1. The average molecular weight is 450 g/mol. The second-order valence-corrected chi connectivity index (χ2v) is 7.57. The molecule has 3 heterocycles. The Morgan fingerprint density at radius 1 is 1.15 bits per heavy atom. The Hall–Kier alpha value is -3.79. The maximum atomic E-state index is 13.2. The number of hydrogen-bond acceptors (Lipinski definition) is 8. The van der Waals surface area contributed by atoms with Gasteiger partial charge < -0.3 is 19.7 Å². The Morgan fingerprint density at radius 2 is 1.91 bits per heavy atom. The summed E-state index contributed by atoms with van der Waals surface area (Å²) in [5.41, 5.74) is 2.83. The number of carbonyl (C=O) groups excluding carboxylic acids is 2. The Bertz CT molecular complexity index is 1170. The van der Waals surface area contributed by atoms with Crippen LogP contribution in [0.2, 0.25) is 0 Å². The molecule has 0 spiro atoms. The van der Waals surface area contributed by atoms with Crippen molar-refractivity contribution in [3.63, 3.8) is 0 Å². The van der Waals surface area contributed by atoms with Crippen LogP contribution in [0.15, 0.2) is 36.5 Å². The van der Waals surface area contributed by atoms with Crippen molar-refractivity contribution in [2.75, 3.05) is 38.2 Å². The molecule has 33 heavy (non-hydrogen) atoms. The first-order chi connectivity index (χ1) is 16.0. The molecule has 1 aromatic carbocycles. The molecule has 0 saturated carbocycles. The molecule has 4 rings (SSSR count). The number of esters is 1. The number of hydrogen-bond donors (Lipinski definition) is 1. The second kappa shape index (κ2) is 9.78. The summed E-state index contributed by atoms with van der Waals surface area (Å²) in [7, 11) is 0. The number of aromatic nitrogens is 4. The second-order valence-electron chi connectivity index (χ2n) is 7.57. The largest absolute Gasteiger partial charge is 0.462 e. The van der Waals surface area contributed by atoms with Crippen molar-refractivity contribution in [1.82, 2.24) is 24.6 Å². The summed E-state index contributed by atoms with van der Waals surface area (Å²) in [6, 6.07) is 9.03. The van der Waals surface area contributed by atoms with Gasteiger partial charge in [0.05, 0.1) is 36.8 Å². The summed E-state index contributed by atoms with van der Waals surface area (Å²) in [6.07, 6.45) is 1.41. The van der Waals surface area contributed by atoms with E-state index in [4.69, 9.17) is 9.47 Å². The fraction of sp³-hybridized carbons (Fsp3) is 0.348. The monoisotopic (exact) mass is 450 g/mol. The van der Waals surface area contributed by atoms with Crippen molar-refractivity contribution in [1.29, 1.82) is 0 Å². The van der Waals surface area contributed by atoms with E-state index in [9.17, 15) is 9.59 Å². The molecule has 10 nitrogen and oxygen atoms in total. The number of ether oxygens (including phenoxy) is 2. The molecule has 1 N–H and O–H groups in total. The summed E-state index contributed by atoms with van der Waals surface area (Å²) in [5.74, 6) is -0.148. The normalized spacial score (nSPS) is 13.6. The van der Waals surface area contributed by atoms with Crippen LogP contribution in [0, 0.1) is 13.8 Å². The van der Waals surface area contributed by atoms with Gasteiger partial charge in [-0.15, -0.1) is 0 Å². The molecular weight excluding hydrogens is 424 g/mol. The van der Waals surface area contributed by atoms with Crippen LogP contribution in [0.25, 0.3) is 5.95 Å². The number of benzene rings is 1. The lowest BCUT2D eigenvalue weighted by Gasteiger charge is -2.27. The molecule has 1 saturated heterocycles. The Labute approximate surface area is 191 Å². The van der Waals surface area contributed by atoms with Gasteiger partial charge in [0, 0.05) is 25.0 Å². The zero-order valence-electron chi connectivity index (χ0n) is 18.9. The van der Waals surface area contributed by atoms with Gasteiger partial charge in [0.1, 0.15) is 5.56 Å². The summed E-state index contributed by atoms with van der Waals surface area (Å²) < 4.78 is 12.1. The lowest BCUT2D eigenvalue weighted by Crippen LogP contribution is -2.40. The predicted molar refractivity (Wildman–Crippen MR) is 121 cm³/mol. The quantitative estimate of drug-likeness (QED) is 0.571. The molecule has 1 aliphatic rings. The first kappa shape index (κ1) is 22.4. The summed E-state index contributed by atoms with van der Waals surface area (Å²) >= 11 is 0. The van der Waals surface area contributed by atoms with Crippen LogP contribution in [0.4, 0.5) is 11.5 Å². The minimum Gasteiger partial charge on any atom is -0.462 e. The van der Waals surface area contributed by atoms with Crippen molar-refractivity contribution in [3.05, 3.63) is 59.0 Å². The van der Waals surface area contributed by atoms with Gasteiger partial charge in [0.2, 0.25) is 0 Å². The van der Waals surface area contributed by atoms with Crippen LogP contribution in [-0.2, 0) is 9.47 Å². The molecule has 1 aliphatic heterocycles. The molecule has 1 amide bonds. The van der Waals surface area contributed by atoms with Gasteiger partial charge in [-0.25, -0.2) is 14.5 Å². The molecule has 172 valence electrons. The van der Waals surface area contributed by atoms with Crippen LogP contribution in [0.5, 0.6) is 0 Å². The molecule has 0 unspecified atom stereocenters. The number of para-hydroxylation sites is 1. The maximum Gasteiger partial charge on any atom is 0.343 e. The van der Waals surface area contributed by atoms with E-state index in [2.05, 4.69) is 20.4 Å². The molecule has 0 radical (unpaired) electrons. The Morgan fingerprint density at radius 3 is 2.61 bits per heavy atom. The molecule has 3 aromatic rings. The minimum absolute atomic E-state index is 0.119. The van der Waals surface area contributed by atoms with E-state index in [0.29, 0.717) is 43.5 Å². The maximum absolute atomic E-state index is 13.2. The van der Waals surface area contributed by atoms with Crippen molar-refractivity contribution in [3.8, 4) is 5.95 Å². The molecule has 2 aromatic heterocycles. The highest BCUT2D eigenvalue weighted by molar-refractivity contribution is 6.01. The standard InChI is InChI=1S/C23H26N6O4/c1-4-33-22(31)18-14-24-23(29-16(3)13-15(2)27-29)26-20(18)25-19-8-6-5-7-17(19)21(30)28-9-11-32-12-10-28/h5-8,13-14H,4,9-12H2,1-3H3,(H,24,25,26). The molecule has 0 aliphatic carbocycles. The SMILES string of the molecule is CCOC(=O)c1cnc(-n2nc(C)cc2C)nc1Nc1ccccc1C(=O)N1CCOCC1. The predicted octanol–water partition coefficient (Wildman–Crippen LogP) is 2.67. The van der Waals surface area contributed by atoms with Crippen molar-refractivity contribution in [2.45, 2.75) is 20.8 Å². The molecule has 1 fully saturated rings. The highest BCUT2D eigenvalue weighted by atomic mass is 16.5. The number of morpholine rings is 1. The topological polar surface area (TPSA) is 111 Å². The van der Waals surface area contributed by atoms with Gasteiger partial charge in [-0.2, -0.15) is 10.1 Å². The van der Waals surface area contributed by atoms with Gasteiger partial charge in [0.25, 0.3) is 11.9 Å². The fourth-order valence-corrected chi connectivity index (χ4v) is 3.60. The third-order valence-corrected chi connectivity index (χ3v) is 5.18. The van der Waals surface area contributed by atoms with Crippen LogP contribution < -0.4 is 5.32 Å². The number of nitrogens with one attached hydrogen (secondary N) is 1. The lowest BCUT2D eigenvalue weighted by atomic mass is 10.1. The Kier molecular flexibility index (Phi) is 6.64. The summed E-state index contributed by atoms with van der Waals surface area (Å²) in [4.78, 5) is 36.4.